The van der Waals surface area contributed by atoms with Crippen molar-refractivity contribution in [3.05, 3.63) is 108 Å². The molecule has 3 aromatic rings. The number of rotatable bonds is 16. The van der Waals surface area contributed by atoms with Crippen LogP contribution in [0, 0.1) is 0 Å². The van der Waals surface area contributed by atoms with Crippen molar-refractivity contribution < 1.29 is 22.7 Å². The van der Waals surface area contributed by atoms with Crippen LogP contribution in [0.5, 0.6) is 0 Å². The van der Waals surface area contributed by atoms with Gasteiger partial charge < -0.3 is 15.0 Å². The van der Waals surface area contributed by atoms with Crippen LogP contribution in [0.25, 0.3) is 0 Å². The summed E-state index contributed by atoms with van der Waals surface area (Å²) in [5, 5.41) is 2.98. The number of sulfonamides is 1. The topological polar surface area (TPSA) is 96.0 Å². The zero-order valence-electron chi connectivity index (χ0n) is 24.1. The molecule has 1 unspecified atom stereocenters. The van der Waals surface area contributed by atoms with Crippen LogP contribution in [0.4, 0.5) is 0 Å². The van der Waals surface area contributed by atoms with Gasteiger partial charge in [-0.3, -0.25) is 9.59 Å². The van der Waals surface area contributed by atoms with E-state index < -0.39 is 22.0 Å². The van der Waals surface area contributed by atoms with Gasteiger partial charge in [0.25, 0.3) is 0 Å². The third kappa shape index (κ3) is 11.1. The molecule has 0 saturated carbocycles. The van der Waals surface area contributed by atoms with Gasteiger partial charge in [-0.05, 0) is 37.0 Å². The first-order valence-corrected chi connectivity index (χ1v) is 15.7. The number of carbonyl (C=O) groups excluding carboxylic acids is 2. The van der Waals surface area contributed by atoms with Gasteiger partial charge in [0, 0.05) is 32.7 Å². The highest BCUT2D eigenvalue weighted by atomic mass is 32.2. The Morgan fingerprint density at radius 3 is 1.83 bits per heavy atom. The quantitative estimate of drug-likeness (QED) is 0.259. The summed E-state index contributed by atoms with van der Waals surface area (Å²) < 4.78 is 32.3. The monoisotopic (exact) mass is 579 g/mol. The highest BCUT2D eigenvalue weighted by Crippen LogP contribution is 2.17. The lowest BCUT2D eigenvalue weighted by atomic mass is 10.0. The minimum absolute atomic E-state index is 0.0516. The number of benzene rings is 3. The predicted octanol–water partition coefficient (Wildman–Crippen LogP) is 4.02. The van der Waals surface area contributed by atoms with E-state index in [1.165, 1.54) is 4.90 Å². The van der Waals surface area contributed by atoms with E-state index in [1.54, 1.807) is 0 Å². The molecule has 9 heteroatoms. The summed E-state index contributed by atoms with van der Waals surface area (Å²) in [5.74, 6) is -0.744. The first-order chi connectivity index (χ1) is 19.6. The van der Waals surface area contributed by atoms with E-state index in [0.29, 0.717) is 19.6 Å². The molecule has 1 N–H and O–H groups in total. The van der Waals surface area contributed by atoms with Gasteiger partial charge in [-0.25, -0.2) is 8.42 Å². The molecule has 0 radical (unpaired) electrons. The molecule has 0 aromatic heterocycles. The molecule has 3 rings (SSSR count). The Morgan fingerprint density at radius 2 is 1.32 bits per heavy atom. The molecule has 1 atom stereocenters. The average molecular weight is 580 g/mol. The van der Waals surface area contributed by atoms with Crippen LogP contribution in [0.1, 0.15) is 37.0 Å². The first-order valence-electron chi connectivity index (χ1n) is 13.9. The number of hydrogen-bond donors (Lipinski definition) is 1. The molecular weight excluding hydrogens is 538 g/mol. The SMILES string of the molecule is CC(C)OCCCNC(=O)C(Cc1ccccc1)N(Cc1ccccc1)C(=O)CN(Cc1ccccc1)S(C)(=O)=O. The Morgan fingerprint density at radius 1 is 0.805 bits per heavy atom. The molecule has 3 aromatic carbocycles. The third-order valence-electron chi connectivity index (χ3n) is 6.52. The Hall–Kier alpha value is -3.53. The molecule has 220 valence electrons. The molecule has 0 heterocycles. The summed E-state index contributed by atoms with van der Waals surface area (Å²) in [4.78, 5) is 29.2. The summed E-state index contributed by atoms with van der Waals surface area (Å²) in [6.07, 6.45) is 2.11. The van der Waals surface area contributed by atoms with Crippen molar-refractivity contribution in [2.75, 3.05) is 26.0 Å². The summed E-state index contributed by atoms with van der Waals surface area (Å²) in [7, 11) is -3.73. The molecular formula is C32H41N3O5S. The van der Waals surface area contributed by atoms with Crippen molar-refractivity contribution >= 4 is 21.8 Å². The van der Waals surface area contributed by atoms with Crippen molar-refractivity contribution in [2.45, 2.75) is 51.9 Å². The van der Waals surface area contributed by atoms with Crippen LogP contribution in [-0.2, 0) is 43.9 Å². The molecule has 0 aliphatic carbocycles. The number of nitrogens with zero attached hydrogens (tertiary/aromatic N) is 2. The summed E-state index contributed by atoms with van der Waals surface area (Å²) >= 11 is 0. The van der Waals surface area contributed by atoms with Crippen LogP contribution in [-0.4, -0.2) is 67.5 Å². The van der Waals surface area contributed by atoms with Gasteiger partial charge in [-0.2, -0.15) is 4.31 Å². The second-order valence-electron chi connectivity index (χ2n) is 10.3. The molecule has 8 nitrogen and oxygen atoms in total. The molecule has 41 heavy (non-hydrogen) atoms. The summed E-state index contributed by atoms with van der Waals surface area (Å²) in [5.41, 5.74) is 2.50. The van der Waals surface area contributed by atoms with Gasteiger partial charge in [-0.15, -0.1) is 0 Å². The Bertz CT molecular complexity index is 1320. The Balaban J connectivity index is 1.90. The van der Waals surface area contributed by atoms with Crippen molar-refractivity contribution in [3.63, 3.8) is 0 Å². The summed E-state index contributed by atoms with van der Waals surface area (Å²) in [6.45, 7) is 4.64. The fraction of sp³-hybridized carbons (Fsp3) is 0.375. The smallest absolute Gasteiger partial charge is 0.243 e. The number of carbonyl (C=O) groups is 2. The maximum atomic E-state index is 14.0. The van der Waals surface area contributed by atoms with Crippen LogP contribution in [0.15, 0.2) is 91.0 Å². The highest BCUT2D eigenvalue weighted by molar-refractivity contribution is 7.88. The Labute approximate surface area is 244 Å². The lowest BCUT2D eigenvalue weighted by Gasteiger charge is -2.33. The molecule has 0 aliphatic rings. The maximum Gasteiger partial charge on any atom is 0.243 e. The highest BCUT2D eigenvalue weighted by Gasteiger charge is 2.32. The predicted molar refractivity (Wildman–Crippen MR) is 161 cm³/mol. The Kier molecular flexibility index (Phi) is 12.5. The maximum absolute atomic E-state index is 14.0. The number of hydrogen-bond acceptors (Lipinski definition) is 5. The molecule has 0 aliphatic heterocycles. The van der Waals surface area contributed by atoms with Crippen LogP contribution < -0.4 is 5.32 Å². The van der Waals surface area contributed by atoms with E-state index in [9.17, 15) is 18.0 Å². The van der Waals surface area contributed by atoms with Crippen molar-refractivity contribution in [1.29, 1.82) is 0 Å². The van der Waals surface area contributed by atoms with Crippen molar-refractivity contribution in [1.82, 2.24) is 14.5 Å². The van der Waals surface area contributed by atoms with Gasteiger partial charge in [0.15, 0.2) is 0 Å². The van der Waals surface area contributed by atoms with Crippen LogP contribution in [0.2, 0.25) is 0 Å². The van der Waals surface area contributed by atoms with E-state index in [-0.39, 0.29) is 38.1 Å². The number of ether oxygens (including phenoxy) is 1. The average Bonchev–Trinajstić information content (AvgIpc) is 2.95. The fourth-order valence-electron chi connectivity index (χ4n) is 4.37. The minimum atomic E-state index is -3.73. The zero-order valence-corrected chi connectivity index (χ0v) is 24.9. The van der Waals surface area contributed by atoms with Gasteiger partial charge in [0.05, 0.1) is 18.9 Å². The van der Waals surface area contributed by atoms with E-state index in [4.69, 9.17) is 4.74 Å². The normalized spacial score (nSPS) is 12.3. The summed E-state index contributed by atoms with van der Waals surface area (Å²) in [6, 6.07) is 27.2. The van der Waals surface area contributed by atoms with Gasteiger partial charge >= 0.3 is 0 Å². The molecule has 0 bridgehead atoms. The van der Waals surface area contributed by atoms with Gasteiger partial charge in [0.1, 0.15) is 6.04 Å². The van der Waals surface area contributed by atoms with E-state index in [0.717, 1.165) is 27.3 Å². The molecule has 2 amide bonds. The van der Waals surface area contributed by atoms with Crippen LogP contribution in [0.3, 0.4) is 0 Å². The standard InChI is InChI=1S/C32H41N3O5S/c1-26(2)40-21-13-20-33-32(37)30(22-27-14-7-4-8-15-27)35(24-29-18-11-6-12-19-29)31(36)25-34(41(3,38)39)23-28-16-9-5-10-17-28/h4-12,14-19,26,30H,13,20-25H2,1-3H3,(H,33,37). The minimum Gasteiger partial charge on any atom is -0.379 e. The second kappa shape index (κ2) is 16.0. The second-order valence-corrected chi connectivity index (χ2v) is 12.3. The van der Waals surface area contributed by atoms with E-state index >= 15 is 0 Å². The molecule has 0 saturated heterocycles. The van der Waals surface area contributed by atoms with Gasteiger partial charge in [-0.1, -0.05) is 91.0 Å². The first kappa shape index (κ1) is 32.0. The lowest BCUT2D eigenvalue weighted by molar-refractivity contribution is -0.141. The largest absolute Gasteiger partial charge is 0.379 e. The van der Waals surface area contributed by atoms with E-state index in [2.05, 4.69) is 5.32 Å². The zero-order chi connectivity index (χ0) is 29.7. The van der Waals surface area contributed by atoms with Crippen LogP contribution >= 0.6 is 0 Å². The third-order valence-corrected chi connectivity index (χ3v) is 7.72. The molecule has 0 fully saturated rings. The van der Waals surface area contributed by atoms with E-state index in [1.807, 2.05) is 105 Å². The van der Waals surface area contributed by atoms with Gasteiger partial charge in [0.2, 0.25) is 21.8 Å². The number of nitrogens with one attached hydrogen (secondary N) is 1. The number of amides is 2. The van der Waals surface area contributed by atoms with Crippen molar-refractivity contribution in [2.24, 2.45) is 0 Å². The lowest BCUT2D eigenvalue weighted by Crippen LogP contribution is -2.53. The van der Waals surface area contributed by atoms with Crippen molar-refractivity contribution in [3.8, 4) is 0 Å². The molecule has 0 spiro atoms. The fourth-order valence-corrected chi connectivity index (χ4v) is 5.10.